The highest BCUT2D eigenvalue weighted by Gasteiger charge is 2.42. The maximum atomic E-state index is 11.8. The number of ether oxygens (including phenoxy) is 3. The molecule has 14 nitrogen and oxygen atoms in total. The number of aliphatic hydroxyl groups is 2. The van der Waals surface area contributed by atoms with E-state index in [0.29, 0.717) is 66.5 Å². The topological polar surface area (TPSA) is 203 Å². The molecule has 0 aliphatic carbocycles. The molecule has 3 aromatic carbocycles. The minimum Gasteiger partial charge on any atom is -0.465 e. The summed E-state index contributed by atoms with van der Waals surface area (Å²) < 4.78 is 14.1. The van der Waals surface area contributed by atoms with Crippen molar-refractivity contribution in [1.82, 2.24) is 0 Å². The molecular formula is C42H49N3O11S6. The third-order valence-electron chi connectivity index (χ3n) is 9.70. The number of methoxy groups -OCH3 is 3. The number of ketones is 3. The molecule has 0 spiro atoms. The predicted octanol–water partition coefficient (Wildman–Crippen LogP) is 6.62. The molecule has 0 aromatic heterocycles. The fraction of sp³-hybridized carbons (Fsp3) is 0.429. The quantitative estimate of drug-likeness (QED) is 0.0940. The molecule has 0 saturated carbocycles. The summed E-state index contributed by atoms with van der Waals surface area (Å²) in [5, 5.41) is 19.5. The van der Waals surface area contributed by atoms with E-state index in [1.807, 2.05) is 71.3 Å². The molecule has 6 atom stereocenters. The second-order valence-corrected chi connectivity index (χ2v) is 21.3. The molecule has 4 bridgehead atoms. The van der Waals surface area contributed by atoms with Crippen LogP contribution in [0, 0.1) is 0 Å². The van der Waals surface area contributed by atoms with Crippen molar-refractivity contribution in [1.29, 1.82) is 0 Å². The summed E-state index contributed by atoms with van der Waals surface area (Å²) in [5.41, 5.74) is 9.97. The normalized spacial score (nSPS) is 22.8. The Bertz CT molecular complexity index is 2000. The number of nitrogens with two attached hydrogens (primary N) is 1. The molecule has 0 radical (unpaired) electrons. The van der Waals surface area contributed by atoms with Crippen LogP contribution in [0.5, 0.6) is 0 Å². The fourth-order valence-corrected chi connectivity index (χ4v) is 15.2. The smallest absolute Gasteiger partial charge is 0.337 e. The molecule has 5 aliphatic rings. The van der Waals surface area contributed by atoms with E-state index in [0.717, 1.165) is 34.4 Å². The Balaban J connectivity index is 0.000000164. The molecule has 5 heterocycles. The number of anilines is 3. The first-order valence-electron chi connectivity index (χ1n) is 19.1. The maximum Gasteiger partial charge on any atom is 0.337 e. The van der Waals surface area contributed by atoms with Gasteiger partial charge in [-0.05, 0) is 75.4 Å². The molecule has 8 rings (SSSR count). The van der Waals surface area contributed by atoms with Gasteiger partial charge >= 0.3 is 17.9 Å². The van der Waals surface area contributed by atoms with Gasteiger partial charge in [0.05, 0.1) is 59.5 Å². The largest absolute Gasteiger partial charge is 0.465 e. The number of esters is 3. The SMILES string of the molecule is COC(=O)c1cc(C(C)=O)cc(N2C3CSC2CS3)c1.COC(=O)c1cc(C(C)=O)cc(N2C3CSC2CS3)c1.COC(=O)c1cc(N)cc(C(C)=O)c1.OC1CSC(O)CS1. The average Bonchev–Trinajstić information content (AvgIpc) is 4.09. The number of carbonyl (C=O) groups is 6. The highest BCUT2D eigenvalue weighted by atomic mass is 32.2. The van der Waals surface area contributed by atoms with Crippen LogP contribution >= 0.6 is 70.6 Å². The highest BCUT2D eigenvalue weighted by molar-refractivity contribution is 8.08. The molecule has 3 aromatic rings. The lowest BCUT2D eigenvalue weighted by molar-refractivity contribution is 0.0591. The van der Waals surface area contributed by atoms with Gasteiger partial charge in [0, 0.05) is 68.3 Å². The van der Waals surface area contributed by atoms with Crippen molar-refractivity contribution in [3.8, 4) is 0 Å². The zero-order chi connectivity index (χ0) is 45.2. The number of fused-ring (bicyclic) bond motifs is 4. The highest BCUT2D eigenvalue weighted by Crippen LogP contribution is 2.48. The van der Waals surface area contributed by atoms with Gasteiger partial charge in [-0.2, -0.15) is 0 Å². The molecule has 4 N–H and O–H groups in total. The van der Waals surface area contributed by atoms with E-state index >= 15 is 0 Å². The van der Waals surface area contributed by atoms with Gasteiger partial charge in [0.15, 0.2) is 17.3 Å². The van der Waals surface area contributed by atoms with E-state index in [1.54, 1.807) is 12.1 Å². The zero-order valence-electron chi connectivity index (χ0n) is 34.9. The number of hydrogen-bond donors (Lipinski definition) is 3. The van der Waals surface area contributed by atoms with E-state index in [1.165, 1.54) is 83.8 Å². The lowest BCUT2D eigenvalue weighted by Gasteiger charge is -2.23. The van der Waals surface area contributed by atoms with Crippen LogP contribution in [0.3, 0.4) is 0 Å². The van der Waals surface area contributed by atoms with E-state index in [9.17, 15) is 28.8 Å². The van der Waals surface area contributed by atoms with Crippen LogP contribution < -0.4 is 15.5 Å². The molecule has 5 aliphatic heterocycles. The van der Waals surface area contributed by atoms with Gasteiger partial charge < -0.3 is 40.0 Å². The molecule has 20 heteroatoms. The lowest BCUT2D eigenvalue weighted by atomic mass is 10.1. The van der Waals surface area contributed by atoms with Crippen LogP contribution in [-0.2, 0) is 14.2 Å². The van der Waals surface area contributed by atoms with Gasteiger partial charge in [0.2, 0.25) is 0 Å². The predicted molar refractivity (Wildman–Crippen MR) is 255 cm³/mol. The summed E-state index contributed by atoms with van der Waals surface area (Å²) in [6.45, 7) is 4.44. The lowest BCUT2D eigenvalue weighted by Crippen LogP contribution is -2.28. The Morgan fingerprint density at radius 2 is 0.742 bits per heavy atom. The number of carbonyl (C=O) groups excluding carboxylic acids is 6. The molecule has 5 saturated heterocycles. The number of rotatable bonds is 8. The number of benzene rings is 3. The number of nitrogens with zero attached hydrogens (tertiary/aromatic N) is 2. The Morgan fingerprint density at radius 1 is 0.468 bits per heavy atom. The summed E-state index contributed by atoms with van der Waals surface area (Å²) in [6.07, 6.45) is 0. The van der Waals surface area contributed by atoms with Gasteiger partial charge in [-0.3, -0.25) is 14.4 Å². The number of aliphatic hydroxyl groups excluding tert-OH is 2. The first-order valence-corrected chi connectivity index (χ1v) is 25.4. The second kappa shape index (κ2) is 22.9. The monoisotopic (exact) mass is 963 g/mol. The molecule has 334 valence electrons. The van der Waals surface area contributed by atoms with E-state index in [2.05, 4.69) is 14.5 Å². The number of Topliss-reactive ketones (excluding diaryl/α,β-unsaturated/α-hetero) is 3. The first kappa shape index (κ1) is 49.5. The number of nitrogen functional groups attached to an aromatic ring is 1. The minimum absolute atomic E-state index is 0.0381. The van der Waals surface area contributed by atoms with Crippen LogP contribution in [-0.4, -0.2) is 134 Å². The summed E-state index contributed by atoms with van der Waals surface area (Å²) >= 11 is 10.6. The second-order valence-electron chi connectivity index (χ2n) is 14.1. The number of thioether (sulfide) groups is 6. The van der Waals surface area contributed by atoms with Crippen molar-refractivity contribution < 1.29 is 53.2 Å². The number of hydrogen-bond acceptors (Lipinski definition) is 20. The third kappa shape index (κ3) is 12.8. The van der Waals surface area contributed by atoms with Crippen LogP contribution in [0.25, 0.3) is 0 Å². The van der Waals surface area contributed by atoms with Gasteiger partial charge in [0.1, 0.15) is 10.9 Å². The minimum atomic E-state index is -0.500. The van der Waals surface area contributed by atoms with Crippen LogP contribution in [0.2, 0.25) is 0 Å². The summed E-state index contributed by atoms with van der Waals surface area (Å²) in [4.78, 5) is 73.7. The first-order chi connectivity index (χ1) is 29.5. The summed E-state index contributed by atoms with van der Waals surface area (Å²) in [7, 11) is 3.99. The van der Waals surface area contributed by atoms with Crippen molar-refractivity contribution in [2.45, 2.75) is 53.1 Å². The van der Waals surface area contributed by atoms with Crippen molar-refractivity contribution >= 4 is 123 Å². The van der Waals surface area contributed by atoms with Crippen LogP contribution in [0.15, 0.2) is 54.6 Å². The summed E-state index contributed by atoms with van der Waals surface area (Å²) in [5.74, 6) is 4.16. The Labute approximate surface area is 386 Å². The molecule has 62 heavy (non-hydrogen) atoms. The van der Waals surface area contributed by atoms with Gasteiger partial charge in [0.25, 0.3) is 0 Å². The van der Waals surface area contributed by atoms with Gasteiger partial charge in [-0.25, -0.2) is 14.4 Å². The van der Waals surface area contributed by atoms with Gasteiger partial charge in [-0.15, -0.1) is 70.6 Å². The summed E-state index contributed by atoms with van der Waals surface area (Å²) in [6, 6.07) is 15.1. The molecule has 5 fully saturated rings. The Kier molecular flexibility index (Phi) is 18.3. The fourth-order valence-electron chi connectivity index (χ4n) is 6.62. The van der Waals surface area contributed by atoms with Crippen LogP contribution in [0.4, 0.5) is 17.1 Å². The maximum absolute atomic E-state index is 11.8. The van der Waals surface area contributed by atoms with E-state index < -0.39 is 17.9 Å². The average molecular weight is 964 g/mol. The van der Waals surface area contributed by atoms with E-state index in [-0.39, 0.29) is 33.8 Å². The zero-order valence-corrected chi connectivity index (χ0v) is 39.8. The molecule has 0 amide bonds. The van der Waals surface area contributed by atoms with Crippen LogP contribution in [0.1, 0.15) is 82.9 Å². The van der Waals surface area contributed by atoms with Crippen molar-refractivity contribution in [2.75, 3.05) is 71.4 Å². The van der Waals surface area contributed by atoms with Crippen molar-refractivity contribution in [2.24, 2.45) is 0 Å². The Morgan fingerprint density at radius 3 is 1.02 bits per heavy atom. The van der Waals surface area contributed by atoms with Gasteiger partial charge in [-0.1, -0.05) is 0 Å². The standard InChI is InChI=1S/2C14H15NO3S2.C10H11NO3.C4H8O2S2/c2*1-8(16)9-3-10(14(17)18-2)5-11(4-9)15-12-6-19-13(15)7-20-12;1-6(12)7-3-8(10(13)14-2)5-9(11)4-7;5-3-1-7-4(6)2-8-3/h2*3-5,12-13H,6-7H2,1-2H3;3-5H,11H2,1-2H3;3-6H,1-2H2. The van der Waals surface area contributed by atoms with Crippen molar-refractivity contribution in [3.05, 3.63) is 88.0 Å². The molecular weight excluding hydrogens is 915 g/mol. The third-order valence-corrected chi connectivity index (χ3v) is 18.2. The Hall–Kier alpha value is -3.50. The molecule has 6 unspecified atom stereocenters. The van der Waals surface area contributed by atoms with Crippen molar-refractivity contribution in [3.63, 3.8) is 0 Å². The van der Waals surface area contributed by atoms with E-state index in [4.69, 9.17) is 25.4 Å².